The summed E-state index contributed by atoms with van der Waals surface area (Å²) in [5, 5.41) is 3.83. The second-order valence-electron chi connectivity index (χ2n) is 6.09. The molecule has 2 aromatic heterocycles. The van der Waals surface area contributed by atoms with Gasteiger partial charge < -0.3 is 9.42 Å². The quantitative estimate of drug-likeness (QED) is 0.874. The zero-order valence-electron chi connectivity index (χ0n) is 13.1. The van der Waals surface area contributed by atoms with Gasteiger partial charge in [-0.1, -0.05) is 11.2 Å². The van der Waals surface area contributed by atoms with Crippen LogP contribution in [0.2, 0.25) is 0 Å². The van der Waals surface area contributed by atoms with Gasteiger partial charge in [0.2, 0.25) is 0 Å². The molecule has 116 valence electrons. The molecule has 0 N–H and O–H groups in total. The normalized spacial score (nSPS) is 18.5. The Kier molecular flexibility index (Phi) is 4.22. The van der Waals surface area contributed by atoms with Gasteiger partial charge in [-0.2, -0.15) is 0 Å². The minimum Gasteiger partial charge on any atom is -0.361 e. The van der Waals surface area contributed by atoms with Crippen molar-refractivity contribution >= 4 is 5.91 Å². The van der Waals surface area contributed by atoms with Crippen molar-refractivity contribution in [2.45, 2.75) is 33.1 Å². The van der Waals surface area contributed by atoms with Crippen molar-refractivity contribution in [2.24, 2.45) is 5.92 Å². The summed E-state index contributed by atoms with van der Waals surface area (Å²) in [6, 6.07) is 5.87. The lowest BCUT2D eigenvalue weighted by Gasteiger charge is -2.32. The molecule has 1 amide bonds. The van der Waals surface area contributed by atoms with Gasteiger partial charge in [0.25, 0.3) is 5.91 Å². The number of piperidine rings is 1. The van der Waals surface area contributed by atoms with E-state index in [4.69, 9.17) is 4.52 Å². The molecule has 3 rings (SSSR count). The van der Waals surface area contributed by atoms with Crippen LogP contribution in [0.5, 0.6) is 0 Å². The third-order valence-electron chi connectivity index (χ3n) is 4.15. The van der Waals surface area contributed by atoms with Crippen molar-refractivity contribution in [3.63, 3.8) is 0 Å². The number of rotatable bonds is 3. The molecular weight excluding hydrogens is 278 g/mol. The summed E-state index contributed by atoms with van der Waals surface area (Å²) in [5.74, 6) is 1.13. The molecule has 5 nitrogen and oxygen atoms in total. The molecule has 1 atom stereocenters. The van der Waals surface area contributed by atoms with Crippen molar-refractivity contribution in [1.29, 1.82) is 0 Å². The van der Waals surface area contributed by atoms with Crippen LogP contribution in [0.4, 0.5) is 0 Å². The summed E-state index contributed by atoms with van der Waals surface area (Å²) in [5.41, 5.74) is 2.68. The molecule has 2 aromatic rings. The highest BCUT2D eigenvalue weighted by Gasteiger charge is 2.26. The van der Waals surface area contributed by atoms with Crippen molar-refractivity contribution < 1.29 is 9.32 Å². The van der Waals surface area contributed by atoms with Crippen molar-refractivity contribution in [3.05, 3.63) is 47.1 Å². The van der Waals surface area contributed by atoms with Gasteiger partial charge in [0.15, 0.2) is 5.69 Å². The summed E-state index contributed by atoms with van der Waals surface area (Å²) in [6.07, 6.45) is 5.09. The number of nitrogens with zero attached hydrogens (tertiary/aromatic N) is 3. The lowest BCUT2D eigenvalue weighted by Crippen LogP contribution is -2.40. The Labute approximate surface area is 130 Å². The zero-order valence-corrected chi connectivity index (χ0v) is 13.1. The Morgan fingerprint density at radius 2 is 2.27 bits per heavy atom. The number of amides is 1. The summed E-state index contributed by atoms with van der Waals surface area (Å²) < 4.78 is 5.00. The smallest absolute Gasteiger partial charge is 0.276 e. The minimum absolute atomic E-state index is 0.0245. The van der Waals surface area contributed by atoms with Gasteiger partial charge in [-0.3, -0.25) is 9.78 Å². The van der Waals surface area contributed by atoms with Gasteiger partial charge >= 0.3 is 0 Å². The molecule has 1 fully saturated rings. The Bertz CT molecular complexity index is 648. The van der Waals surface area contributed by atoms with E-state index in [0.29, 0.717) is 17.4 Å². The number of carbonyl (C=O) groups excluding carboxylic acids is 1. The van der Waals surface area contributed by atoms with Crippen LogP contribution in [-0.2, 0) is 6.42 Å². The van der Waals surface area contributed by atoms with E-state index in [-0.39, 0.29) is 5.91 Å². The van der Waals surface area contributed by atoms with E-state index in [1.807, 2.05) is 24.1 Å². The fourth-order valence-corrected chi connectivity index (χ4v) is 3.00. The predicted octanol–water partition coefficient (Wildman–Crippen LogP) is 2.78. The van der Waals surface area contributed by atoms with Gasteiger partial charge in [0, 0.05) is 31.0 Å². The Morgan fingerprint density at radius 3 is 2.95 bits per heavy atom. The SMILES string of the molecule is Cc1ccc(C[C@H]2CCCN(C(=O)c3cc(C)on3)C2)cn1. The second-order valence-corrected chi connectivity index (χ2v) is 6.09. The largest absolute Gasteiger partial charge is 0.361 e. The third kappa shape index (κ3) is 3.35. The van der Waals surface area contributed by atoms with Crippen LogP contribution in [-0.4, -0.2) is 34.0 Å². The van der Waals surface area contributed by atoms with Crippen LogP contribution in [0.15, 0.2) is 28.9 Å². The first kappa shape index (κ1) is 14.8. The first-order valence-electron chi connectivity index (χ1n) is 7.76. The monoisotopic (exact) mass is 299 g/mol. The Hall–Kier alpha value is -2.17. The number of hydrogen-bond acceptors (Lipinski definition) is 4. The number of pyridine rings is 1. The molecule has 5 heteroatoms. The first-order chi connectivity index (χ1) is 10.6. The van der Waals surface area contributed by atoms with Gasteiger partial charge in [-0.25, -0.2) is 0 Å². The number of aromatic nitrogens is 2. The highest BCUT2D eigenvalue weighted by atomic mass is 16.5. The first-order valence-corrected chi connectivity index (χ1v) is 7.76. The van der Waals surface area contributed by atoms with Crippen molar-refractivity contribution in [3.8, 4) is 0 Å². The lowest BCUT2D eigenvalue weighted by molar-refractivity contribution is 0.0663. The average molecular weight is 299 g/mol. The van der Waals surface area contributed by atoms with E-state index in [1.54, 1.807) is 13.0 Å². The maximum Gasteiger partial charge on any atom is 0.276 e. The molecule has 1 aliphatic heterocycles. The molecule has 0 unspecified atom stereocenters. The third-order valence-corrected chi connectivity index (χ3v) is 4.15. The summed E-state index contributed by atoms with van der Waals surface area (Å²) in [4.78, 5) is 18.7. The molecule has 3 heterocycles. The fourth-order valence-electron chi connectivity index (χ4n) is 3.00. The highest BCUT2D eigenvalue weighted by molar-refractivity contribution is 5.92. The van der Waals surface area contributed by atoms with Crippen molar-refractivity contribution in [1.82, 2.24) is 15.0 Å². The van der Waals surface area contributed by atoms with Gasteiger partial charge in [-0.15, -0.1) is 0 Å². The topological polar surface area (TPSA) is 59.2 Å². The maximum absolute atomic E-state index is 12.4. The maximum atomic E-state index is 12.4. The van der Waals surface area contributed by atoms with E-state index in [9.17, 15) is 4.79 Å². The number of hydrogen-bond donors (Lipinski definition) is 0. The van der Waals surface area contributed by atoms with Crippen LogP contribution in [0.1, 0.15) is 40.3 Å². The molecule has 0 saturated carbocycles. The van der Waals surface area contributed by atoms with E-state index >= 15 is 0 Å². The highest BCUT2D eigenvalue weighted by Crippen LogP contribution is 2.22. The second kappa shape index (κ2) is 6.30. The van der Waals surface area contributed by atoms with Gasteiger partial charge in [0.05, 0.1) is 0 Å². The van der Waals surface area contributed by atoms with E-state index < -0.39 is 0 Å². The molecule has 1 aliphatic rings. The minimum atomic E-state index is -0.0245. The van der Waals surface area contributed by atoms with Gasteiger partial charge in [0.1, 0.15) is 5.76 Å². The molecule has 0 radical (unpaired) electrons. The van der Waals surface area contributed by atoms with Crippen molar-refractivity contribution in [2.75, 3.05) is 13.1 Å². The van der Waals surface area contributed by atoms with E-state index in [0.717, 1.165) is 38.0 Å². The Morgan fingerprint density at radius 1 is 1.41 bits per heavy atom. The molecule has 0 bridgehead atoms. The van der Waals surface area contributed by atoms with Crippen LogP contribution in [0.25, 0.3) is 0 Å². The number of carbonyl (C=O) groups is 1. The van der Waals surface area contributed by atoms with Crippen LogP contribution < -0.4 is 0 Å². The summed E-state index contributed by atoms with van der Waals surface area (Å²) in [6.45, 7) is 5.36. The molecular formula is C17H21N3O2. The van der Waals surface area contributed by atoms with Crippen LogP contribution >= 0.6 is 0 Å². The average Bonchev–Trinajstić information content (AvgIpc) is 2.96. The number of likely N-dealkylation sites (tertiary alicyclic amines) is 1. The lowest BCUT2D eigenvalue weighted by atomic mass is 9.91. The molecule has 0 spiro atoms. The van der Waals surface area contributed by atoms with E-state index in [1.165, 1.54) is 5.56 Å². The molecule has 22 heavy (non-hydrogen) atoms. The fraction of sp³-hybridized carbons (Fsp3) is 0.471. The van der Waals surface area contributed by atoms with Crippen LogP contribution in [0, 0.1) is 19.8 Å². The predicted molar refractivity (Wildman–Crippen MR) is 82.5 cm³/mol. The molecule has 0 aromatic carbocycles. The zero-order chi connectivity index (χ0) is 15.5. The van der Waals surface area contributed by atoms with Gasteiger partial charge in [-0.05, 0) is 50.7 Å². The molecule has 0 aliphatic carbocycles. The number of aryl methyl sites for hydroxylation is 2. The standard InChI is InChI=1S/C17H21N3O2/c1-12-5-6-14(10-18-12)9-15-4-3-7-20(11-15)17(21)16-8-13(2)22-19-16/h5-6,8,10,15H,3-4,7,9,11H2,1-2H3/t15-/m1/s1. The summed E-state index contributed by atoms with van der Waals surface area (Å²) in [7, 11) is 0. The Balaban J connectivity index is 1.63. The molecule has 1 saturated heterocycles. The van der Waals surface area contributed by atoms with Crippen LogP contribution in [0.3, 0.4) is 0 Å². The summed E-state index contributed by atoms with van der Waals surface area (Å²) >= 11 is 0. The van der Waals surface area contributed by atoms with E-state index in [2.05, 4.69) is 16.2 Å².